The minimum absolute atomic E-state index is 0.0168. The number of hydrogen-bond acceptors (Lipinski definition) is 3. The second-order valence-corrected chi connectivity index (χ2v) is 6.85. The molecule has 0 spiro atoms. The molecule has 0 bridgehead atoms. The van der Waals surface area contributed by atoms with Crippen molar-refractivity contribution in [2.75, 3.05) is 16.8 Å². The summed E-state index contributed by atoms with van der Waals surface area (Å²) in [6.07, 6.45) is 4.24. The summed E-state index contributed by atoms with van der Waals surface area (Å²) in [4.78, 5) is 19.0. The van der Waals surface area contributed by atoms with Crippen molar-refractivity contribution in [3.63, 3.8) is 0 Å². The van der Waals surface area contributed by atoms with Gasteiger partial charge in [0.15, 0.2) is 0 Å². The summed E-state index contributed by atoms with van der Waals surface area (Å²) >= 11 is 3.42. The Hall–Kier alpha value is -2.66. The first-order valence-electron chi connectivity index (χ1n) is 8.08. The van der Waals surface area contributed by atoms with Crippen LogP contribution in [0.1, 0.15) is 15.9 Å². The van der Waals surface area contributed by atoms with Crippen LogP contribution < -0.4 is 10.2 Å². The molecule has 0 saturated carbocycles. The Labute approximate surface area is 154 Å². The van der Waals surface area contributed by atoms with Crippen molar-refractivity contribution in [1.29, 1.82) is 0 Å². The van der Waals surface area contributed by atoms with Gasteiger partial charge in [-0.25, -0.2) is 0 Å². The van der Waals surface area contributed by atoms with Crippen molar-refractivity contribution in [3.05, 3.63) is 82.6 Å². The first kappa shape index (κ1) is 15.8. The number of benzene rings is 2. The minimum atomic E-state index is -0.0168. The van der Waals surface area contributed by atoms with Gasteiger partial charge in [0, 0.05) is 28.6 Å². The van der Waals surface area contributed by atoms with Gasteiger partial charge in [0.2, 0.25) is 0 Å². The van der Waals surface area contributed by atoms with Gasteiger partial charge in [0.1, 0.15) is 0 Å². The molecule has 4 nitrogen and oxygen atoms in total. The normalized spacial score (nSPS) is 12.8. The number of rotatable bonds is 3. The topological polar surface area (TPSA) is 45.2 Å². The zero-order chi connectivity index (χ0) is 17.2. The zero-order valence-electron chi connectivity index (χ0n) is 13.4. The van der Waals surface area contributed by atoms with Crippen LogP contribution in [0.4, 0.5) is 17.1 Å². The van der Waals surface area contributed by atoms with E-state index in [1.165, 1.54) is 5.56 Å². The lowest BCUT2D eigenvalue weighted by molar-refractivity contribution is 0.0989. The van der Waals surface area contributed by atoms with E-state index in [0.29, 0.717) is 12.1 Å². The zero-order valence-corrected chi connectivity index (χ0v) is 15.0. The molecule has 124 valence electrons. The summed E-state index contributed by atoms with van der Waals surface area (Å²) < 4.78 is 1.02. The highest BCUT2D eigenvalue weighted by atomic mass is 79.9. The molecule has 1 aliphatic heterocycles. The van der Waals surface area contributed by atoms with Crippen LogP contribution in [0.3, 0.4) is 0 Å². The van der Waals surface area contributed by atoms with Gasteiger partial charge in [-0.05, 0) is 48.4 Å². The number of carbonyl (C=O) groups is 1. The lowest BCUT2D eigenvalue weighted by atomic mass is 10.2. The molecular formula is C20H16BrN3O. The van der Waals surface area contributed by atoms with E-state index < -0.39 is 0 Å². The number of para-hydroxylation sites is 1. The number of aromatic nitrogens is 1. The van der Waals surface area contributed by atoms with Gasteiger partial charge in [-0.1, -0.05) is 34.1 Å². The van der Waals surface area contributed by atoms with Gasteiger partial charge in [0.25, 0.3) is 5.91 Å². The van der Waals surface area contributed by atoms with Crippen LogP contribution >= 0.6 is 15.9 Å². The Morgan fingerprint density at radius 1 is 1.04 bits per heavy atom. The molecule has 0 saturated heterocycles. The fraction of sp³-hybridized carbons (Fsp3) is 0.100. The molecule has 0 atom stereocenters. The molecule has 0 unspecified atom stereocenters. The Morgan fingerprint density at radius 3 is 2.68 bits per heavy atom. The summed E-state index contributed by atoms with van der Waals surface area (Å²) in [5.74, 6) is -0.0168. The van der Waals surface area contributed by atoms with Crippen molar-refractivity contribution in [2.24, 2.45) is 0 Å². The maximum absolute atomic E-state index is 12.9. The first-order chi connectivity index (χ1) is 12.2. The van der Waals surface area contributed by atoms with Crippen LogP contribution in [0.15, 0.2) is 71.5 Å². The van der Waals surface area contributed by atoms with E-state index in [1.807, 2.05) is 53.4 Å². The molecule has 1 amide bonds. The predicted molar refractivity (Wildman–Crippen MR) is 103 cm³/mol. The molecule has 1 aliphatic rings. The Morgan fingerprint density at radius 2 is 1.84 bits per heavy atom. The van der Waals surface area contributed by atoms with E-state index in [9.17, 15) is 4.79 Å². The molecule has 4 rings (SSSR count). The second kappa shape index (κ2) is 6.69. The Balaban J connectivity index is 1.57. The maximum atomic E-state index is 12.9. The average Bonchev–Trinajstić information content (AvgIpc) is 3.07. The van der Waals surface area contributed by atoms with E-state index in [2.05, 4.69) is 32.3 Å². The Bertz CT molecular complexity index is 924. The summed E-state index contributed by atoms with van der Waals surface area (Å²) in [7, 11) is 0. The third kappa shape index (κ3) is 3.28. The van der Waals surface area contributed by atoms with Crippen molar-refractivity contribution in [3.8, 4) is 0 Å². The number of nitrogens with one attached hydrogen (secondary N) is 1. The molecule has 1 N–H and O–H groups in total. The summed E-state index contributed by atoms with van der Waals surface area (Å²) in [5, 5.41) is 3.28. The van der Waals surface area contributed by atoms with Crippen molar-refractivity contribution < 1.29 is 4.79 Å². The largest absolute Gasteiger partial charge is 0.354 e. The highest BCUT2D eigenvalue weighted by Gasteiger charge is 2.25. The molecular weight excluding hydrogens is 378 g/mol. The molecule has 5 heteroatoms. The van der Waals surface area contributed by atoms with E-state index in [-0.39, 0.29) is 5.91 Å². The number of carbonyl (C=O) groups excluding carboxylic acids is 1. The maximum Gasteiger partial charge on any atom is 0.259 e. The Kier molecular flexibility index (Phi) is 4.24. The molecule has 0 radical (unpaired) electrons. The van der Waals surface area contributed by atoms with E-state index >= 15 is 0 Å². The first-order valence-corrected chi connectivity index (χ1v) is 8.87. The van der Waals surface area contributed by atoms with Crippen molar-refractivity contribution in [2.45, 2.75) is 6.42 Å². The van der Waals surface area contributed by atoms with Crippen LogP contribution in [-0.2, 0) is 6.42 Å². The molecule has 0 fully saturated rings. The SMILES string of the molecule is O=C(c1cncc(Nc2ccc(Br)cc2)c1)N1CCc2ccccc21. The number of hydrogen-bond donors (Lipinski definition) is 1. The van der Waals surface area contributed by atoms with Crippen molar-refractivity contribution >= 4 is 38.9 Å². The second-order valence-electron chi connectivity index (χ2n) is 5.93. The summed E-state index contributed by atoms with van der Waals surface area (Å²) in [6.45, 7) is 0.711. The fourth-order valence-corrected chi connectivity index (χ4v) is 3.29. The standard InChI is InChI=1S/C20H16BrN3O/c21-16-5-7-17(8-6-16)23-18-11-15(12-22-13-18)20(25)24-10-9-14-3-1-2-4-19(14)24/h1-8,11-13,23H,9-10H2. The lowest BCUT2D eigenvalue weighted by Crippen LogP contribution is -2.29. The average molecular weight is 394 g/mol. The lowest BCUT2D eigenvalue weighted by Gasteiger charge is -2.17. The predicted octanol–water partition coefficient (Wildman–Crippen LogP) is 4.79. The molecule has 2 aromatic carbocycles. The van der Waals surface area contributed by atoms with Gasteiger partial charge in [-0.15, -0.1) is 0 Å². The number of pyridine rings is 1. The van der Waals surface area contributed by atoms with Gasteiger partial charge < -0.3 is 10.2 Å². The third-order valence-corrected chi connectivity index (χ3v) is 4.78. The molecule has 1 aromatic heterocycles. The molecule has 0 aliphatic carbocycles. The van der Waals surface area contributed by atoms with Crippen LogP contribution in [0.25, 0.3) is 0 Å². The van der Waals surface area contributed by atoms with Crippen molar-refractivity contribution in [1.82, 2.24) is 4.98 Å². The quantitative estimate of drug-likeness (QED) is 0.695. The number of nitrogens with zero attached hydrogens (tertiary/aromatic N) is 2. The number of amides is 1. The van der Waals surface area contributed by atoms with Gasteiger partial charge >= 0.3 is 0 Å². The van der Waals surface area contributed by atoms with Crippen LogP contribution in [0.2, 0.25) is 0 Å². The van der Waals surface area contributed by atoms with Crippen LogP contribution in [0, 0.1) is 0 Å². The smallest absolute Gasteiger partial charge is 0.259 e. The number of anilines is 3. The van der Waals surface area contributed by atoms with Gasteiger partial charge in [-0.2, -0.15) is 0 Å². The molecule has 3 aromatic rings. The number of fused-ring (bicyclic) bond motifs is 1. The summed E-state index contributed by atoms with van der Waals surface area (Å²) in [5.41, 5.74) is 4.53. The van der Waals surface area contributed by atoms with E-state index in [1.54, 1.807) is 12.4 Å². The monoisotopic (exact) mass is 393 g/mol. The molecule has 2 heterocycles. The van der Waals surface area contributed by atoms with E-state index in [0.717, 1.165) is 28.0 Å². The van der Waals surface area contributed by atoms with Crippen LogP contribution in [0.5, 0.6) is 0 Å². The van der Waals surface area contributed by atoms with E-state index in [4.69, 9.17) is 0 Å². The third-order valence-electron chi connectivity index (χ3n) is 4.25. The van der Waals surface area contributed by atoms with Gasteiger partial charge in [0.05, 0.1) is 17.4 Å². The van der Waals surface area contributed by atoms with Gasteiger partial charge in [-0.3, -0.25) is 9.78 Å². The molecule has 25 heavy (non-hydrogen) atoms. The minimum Gasteiger partial charge on any atom is -0.354 e. The highest BCUT2D eigenvalue weighted by molar-refractivity contribution is 9.10. The van der Waals surface area contributed by atoms with Crippen LogP contribution in [-0.4, -0.2) is 17.4 Å². The highest BCUT2D eigenvalue weighted by Crippen LogP contribution is 2.29. The fourth-order valence-electron chi connectivity index (χ4n) is 3.03. The number of halogens is 1. The summed E-state index contributed by atoms with van der Waals surface area (Å²) in [6, 6.07) is 17.8.